The Balaban J connectivity index is 1.67. The van der Waals surface area contributed by atoms with Crippen LogP contribution in [0.5, 0.6) is 17.2 Å². The number of hydrazone groups is 1. The molecule has 0 bridgehead atoms. The lowest BCUT2D eigenvalue weighted by Crippen LogP contribution is -2.45. The lowest BCUT2D eigenvalue weighted by Gasteiger charge is -2.28. The third-order valence-electron chi connectivity index (χ3n) is 5.22. The molecule has 0 spiro atoms. The number of carbonyl (C=O) groups excluding carboxylic acids is 3. The Hall–Kier alpha value is -4.06. The molecule has 0 radical (unpaired) electrons. The van der Waals surface area contributed by atoms with Crippen LogP contribution in [0.4, 0.5) is 4.79 Å². The SMILES string of the molecule is CCOC(=O)C1=C(C)NC(=O)N[C@H]1c1ccc(OCC(=O)N/N=C\c2ccc(OC)c(Br)c2)c(OC)c1. The molecule has 0 aromatic heterocycles. The number of rotatable bonds is 10. The van der Waals surface area contributed by atoms with Gasteiger partial charge in [0.05, 0.1) is 43.1 Å². The molecule has 1 atom stereocenters. The highest BCUT2D eigenvalue weighted by molar-refractivity contribution is 9.10. The van der Waals surface area contributed by atoms with E-state index in [0.29, 0.717) is 28.5 Å². The van der Waals surface area contributed by atoms with Crippen molar-refractivity contribution < 1.29 is 33.3 Å². The van der Waals surface area contributed by atoms with Gasteiger partial charge in [0.2, 0.25) is 0 Å². The molecule has 1 aliphatic rings. The minimum Gasteiger partial charge on any atom is -0.496 e. The van der Waals surface area contributed by atoms with Crippen molar-refractivity contribution in [1.82, 2.24) is 16.1 Å². The van der Waals surface area contributed by atoms with Crippen LogP contribution in [-0.4, -0.2) is 51.6 Å². The highest BCUT2D eigenvalue weighted by Crippen LogP contribution is 2.34. The molecule has 1 aliphatic heterocycles. The zero-order chi connectivity index (χ0) is 26.9. The van der Waals surface area contributed by atoms with Crippen LogP contribution in [0.1, 0.15) is 31.0 Å². The summed E-state index contributed by atoms with van der Waals surface area (Å²) in [6, 6.07) is 9.03. The average molecular weight is 575 g/mol. The van der Waals surface area contributed by atoms with E-state index < -0.39 is 23.9 Å². The number of methoxy groups -OCH3 is 2. The van der Waals surface area contributed by atoms with Crippen LogP contribution in [0, 0.1) is 0 Å². The average Bonchev–Trinajstić information content (AvgIpc) is 2.87. The van der Waals surface area contributed by atoms with Crippen LogP contribution in [0.3, 0.4) is 0 Å². The minimum atomic E-state index is -0.758. The van der Waals surface area contributed by atoms with E-state index >= 15 is 0 Å². The number of benzene rings is 2. The van der Waals surface area contributed by atoms with Crippen molar-refractivity contribution in [2.24, 2.45) is 5.10 Å². The van der Waals surface area contributed by atoms with Gasteiger partial charge in [-0.3, -0.25) is 4.79 Å². The normalized spacial score (nSPS) is 15.1. The van der Waals surface area contributed by atoms with Gasteiger partial charge >= 0.3 is 12.0 Å². The van der Waals surface area contributed by atoms with E-state index in [0.717, 1.165) is 10.0 Å². The van der Waals surface area contributed by atoms with Crippen LogP contribution in [-0.2, 0) is 14.3 Å². The van der Waals surface area contributed by atoms with Crippen molar-refractivity contribution in [3.63, 3.8) is 0 Å². The minimum absolute atomic E-state index is 0.191. The quantitative estimate of drug-likeness (QED) is 0.225. The van der Waals surface area contributed by atoms with Crippen molar-refractivity contribution in [2.75, 3.05) is 27.4 Å². The number of esters is 1. The predicted molar refractivity (Wildman–Crippen MR) is 139 cm³/mol. The molecule has 3 rings (SSSR count). The number of ether oxygens (including phenoxy) is 4. The van der Waals surface area contributed by atoms with Crippen molar-refractivity contribution in [3.8, 4) is 17.2 Å². The van der Waals surface area contributed by atoms with Gasteiger partial charge in [-0.1, -0.05) is 6.07 Å². The second-order valence-electron chi connectivity index (χ2n) is 7.68. The molecule has 0 fully saturated rings. The summed E-state index contributed by atoms with van der Waals surface area (Å²) in [5.74, 6) is 0.258. The first-order chi connectivity index (χ1) is 17.8. The fraction of sp³-hybridized carbons (Fsp3) is 0.280. The molecular formula is C25H27BrN4O7. The zero-order valence-corrected chi connectivity index (χ0v) is 22.3. The fourth-order valence-corrected chi connectivity index (χ4v) is 4.08. The second kappa shape index (κ2) is 12.8. The number of allylic oxidation sites excluding steroid dienone is 1. The number of hydrogen-bond acceptors (Lipinski definition) is 8. The summed E-state index contributed by atoms with van der Waals surface area (Å²) in [5.41, 5.74) is 4.39. The highest BCUT2D eigenvalue weighted by Gasteiger charge is 2.32. The fourth-order valence-electron chi connectivity index (χ4n) is 3.52. The van der Waals surface area contributed by atoms with Crippen molar-refractivity contribution >= 4 is 40.1 Å². The van der Waals surface area contributed by atoms with Gasteiger partial charge in [0.1, 0.15) is 5.75 Å². The molecule has 11 nitrogen and oxygen atoms in total. The Morgan fingerprint density at radius 1 is 1.11 bits per heavy atom. The molecule has 1 heterocycles. The van der Waals surface area contributed by atoms with E-state index in [-0.39, 0.29) is 18.8 Å². The van der Waals surface area contributed by atoms with Crippen LogP contribution >= 0.6 is 15.9 Å². The van der Waals surface area contributed by atoms with Gasteiger partial charge in [-0.15, -0.1) is 0 Å². The first-order valence-corrected chi connectivity index (χ1v) is 12.0. The second-order valence-corrected chi connectivity index (χ2v) is 8.53. The Morgan fingerprint density at radius 2 is 1.84 bits per heavy atom. The van der Waals surface area contributed by atoms with Gasteiger partial charge < -0.3 is 29.6 Å². The van der Waals surface area contributed by atoms with Gasteiger partial charge in [-0.05, 0) is 71.2 Å². The van der Waals surface area contributed by atoms with Gasteiger partial charge in [0.15, 0.2) is 18.1 Å². The summed E-state index contributed by atoms with van der Waals surface area (Å²) in [6.45, 7) is 3.19. The predicted octanol–water partition coefficient (Wildman–Crippen LogP) is 3.19. The lowest BCUT2D eigenvalue weighted by molar-refractivity contribution is -0.139. The van der Waals surface area contributed by atoms with Gasteiger partial charge in [0, 0.05) is 5.70 Å². The number of nitrogens with zero attached hydrogens (tertiary/aromatic N) is 1. The van der Waals surface area contributed by atoms with E-state index in [1.807, 2.05) is 0 Å². The van der Waals surface area contributed by atoms with Gasteiger partial charge in [-0.25, -0.2) is 15.0 Å². The maximum Gasteiger partial charge on any atom is 0.338 e. The van der Waals surface area contributed by atoms with E-state index in [1.165, 1.54) is 13.3 Å². The number of halogens is 1. The summed E-state index contributed by atoms with van der Waals surface area (Å²) in [4.78, 5) is 36.8. The van der Waals surface area contributed by atoms with E-state index in [1.54, 1.807) is 57.4 Å². The van der Waals surface area contributed by atoms with Crippen LogP contribution in [0.2, 0.25) is 0 Å². The van der Waals surface area contributed by atoms with Gasteiger partial charge in [-0.2, -0.15) is 5.10 Å². The molecule has 2 aromatic carbocycles. The van der Waals surface area contributed by atoms with E-state index in [4.69, 9.17) is 18.9 Å². The maximum atomic E-state index is 12.5. The zero-order valence-electron chi connectivity index (χ0n) is 20.7. The Morgan fingerprint density at radius 3 is 2.51 bits per heavy atom. The number of urea groups is 1. The monoisotopic (exact) mass is 574 g/mol. The number of amides is 3. The van der Waals surface area contributed by atoms with Crippen LogP contribution < -0.4 is 30.3 Å². The van der Waals surface area contributed by atoms with E-state index in [2.05, 4.69) is 37.1 Å². The van der Waals surface area contributed by atoms with Crippen LogP contribution in [0.15, 0.2) is 57.2 Å². The van der Waals surface area contributed by atoms with Crippen molar-refractivity contribution in [1.29, 1.82) is 0 Å². The molecule has 2 aromatic rings. The highest BCUT2D eigenvalue weighted by atomic mass is 79.9. The van der Waals surface area contributed by atoms with Gasteiger partial charge in [0.25, 0.3) is 5.91 Å². The molecule has 0 unspecified atom stereocenters. The number of carbonyl (C=O) groups is 3. The summed E-state index contributed by atoms with van der Waals surface area (Å²) in [7, 11) is 3.01. The Kier molecular flexibility index (Phi) is 9.50. The lowest BCUT2D eigenvalue weighted by atomic mass is 9.95. The summed E-state index contributed by atoms with van der Waals surface area (Å²) < 4.78 is 22.1. The molecule has 196 valence electrons. The molecule has 3 N–H and O–H groups in total. The molecule has 12 heteroatoms. The van der Waals surface area contributed by atoms with Crippen molar-refractivity contribution in [3.05, 3.63) is 63.3 Å². The number of nitrogens with one attached hydrogen (secondary N) is 3. The maximum absolute atomic E-state index is 12.5. The first-order valence-electron chi connectivity index (χ1n) is 11.2. The van der Waals surface area contributed by atoms with Crippen LogP contribution in [0.25, 0.3) is 0 Å². The Labute approximate surface area is 222 Å². The molecule has 0 saturated carbocycles. The summed E-state index contributed by atoms with van der Waals surface area (Å²) in [5, 5.41) is 9.24. The number of hydrogen-bond donors (Lipinski definition) is 3. The third-order valence-corrected chi connectivity index (χ3v) is 5.84. The molecule has 3 amide bonds. The molecule has 0 saturated heterocycles. The summed E-state index contributed by atoms with van der Waals surface area (Å²) in [6.07, 6.45) is 1.49. The largest absolute Gasteiger partial charge is 0.496 e. The smallest absolute Gasteiger partial charge is 0.338 e. The molecular weight excluding hydrogens is 548 g/mol. The Bertz CT molecular complexity index is 1250. The standard InChI is InChI=1S/C25H27BrN4O7/c1-5-36-24(32)22-14(2)28-25(33)29-23(22)16-7-9-19(20(11-16)35-4)37-13-21(31)30-27-12-15-6-8-18(34-3)17(26)10-15/h6-12,23H,5,13H2,1-4H3,(H,30,31)(H2,28,29,33)/b27-12-/t23-/m0/s1. The van der Waals surface area contributed by atoms with E-state index in [9.17, 15) is 14.4 Å². The topological polar surface area (TPSA) is 137 Å². The molecule has 0 aliphatic carbocycles. The summed E-state index contributed by atoms with van der Waals surface area (Å²) >= 11 is 3.39. The van der Waals surface area contributed by atoms with Crippen molar-refractivity contribution in [2.45, 2.75) is 19.9 Å². The third kappa shape index (κ3) is 7.00. The first kappa shape index (κ1) is 27.5. The molecule has 37 heavy (non-hydrogen) atoms.